The van der Waals surface area contributed by atoms with Crippen LogP contribution in [0.4, 0.5) is 0 Å². The number of hydrogen-bond donors (Lipinski definition) is 0. The SMILES string of the molecule is CC(C)OCCOCCCCCCCCCCCCCCC1CCCCC1. The van der Waals surface area contributed by atoms with Crippen molar-refractivity contribution in [2.45, 2.75) is 136 Å². The average Bonchev–Trinajstić information content (AvgIpc) is 2.67. The van der Waals surface area contributed by atoms with Gasteiger partial charge in [-0.05, 0) is 26.2 Å². The average molecular weight is 383 g/mol. The zero-order chi connectivity index (χ0) is 19.4. The highest BCUT2D eigenvalue weighted by Crippen LogP contribution is 2.28. The Hall–Kier alpha value is -0.0800. The van der Waals surface area contributed by atoms with Crippen LogP contribution in [0, 0.1) is 5.92 Å². The van der Waals surface area contributed by atoms with Gasteiger partial charge in [0.25, 0.3) is 0 Å². The van der Waals surface area contributed by atoms with Gasteiger partial charge >= 0.3 is 0 Å². The molecule has 0 aromatic rings. The van der Waals surface area contributed by atoms with Crippen LogP contribution in [0.5, 0.6) is 0 Å². The quantitative estimate of drug-likeness (QED) is 0.210. The molecule has 0 N–H and O–H groups in total. The van der Waals surface area contributed by atoms with Crippen LogP contribution >= 0.6 is 0 Å². The smallest absolute Gasteiger partial charge is 0.0703 e. The third-order valence-electron chi connectivity index (χ3n) is 6.05. The molecule has 1 saturated carbocycles. The van der Waals surface area contributed by atoms with Gasteiger partial charge in [-0.1, -0.05) is 109 Å². The molecule has 2 heteroatoms. The third kappa shape index (κ3) is 17.7. The van der Waals surface area contributed by atoms with Gasteiger partial charge in [-0.3, -0.25) is 0 Å². The molecule has 0 aromatic heterocycles. The van der Waals surface area contributed by atoms with Gasteiger partial charge in [0.15, 0.2) is 0 Å². The molecule has 162 valence electrons. The second kappa shape index (κ2) is 19.2. The monoisotopic (exact) mass is 382 g/mol. The molecule has 0 saturated heterocycles. The Morgan fingerprint density at radius 3 is 1.67 bits per heavy atom. The molecule has 1 aliphatic carbocycles. The van der Waals surface area contributed by atoms with E-state index in [0.717, 1.165) is 25.7 Å². The molecule has 0 amide bonds. The molecule has 0 bridgehead atoms. The fourth-order valence-corrected chi connectivity index (χ4v) is 4.33. The maximum absolute atomic E-state index is 5.59. The van der Waals surface area contributed by atoms with E-state index in [1.807, 2.05) is 0 Å². The third-order valence-corrected chi connectivity index (χ3v) is 6.05. The first-order valence-electron chi connectivity index (χ1n) is 12.5. The second-order valence-electron chi connectivity index (χ2n) is 9.07. The minimum absolute atomic E-state index is 0.319. The highest BCUT2D eigenvalue weighted by atomic mass is 16.5. The lowest BCUT2D eigenvalue weighted by atomic mass is 9.85. The van der Waals surface area contributed by atoms with Gasteiger partial charge in [-0.25, -0.2) is 0 Å². The molecule has 2 nitrogen and oxygen atoms in total. The van der Waals surface area contributed by atoms with Crippen LogP contribution in [0.25, 0.3) is 0 Å². The summed E-state index contributed by atoms with van der Waals surface area (Å²) in [5, 5.41) is 0. The Kier molecular flexibility index (Phi) is 17.8. The molecule has 0 unspecified atom stereocenters. The summed E-state index contributed by atoms with van der Waals surface area (Å²) in [5.41, 5.74) is 0. The van der Waals surface area contributed by atoms with Crippen LogP contribution in [0.1, 0.15) is 129 Å². The van der Waals surface area contributed by atoms with Crippen molar-refractivity contribution >= 4 is 0 Å². The van der Waals surface area contributed by atoms with E-state index in [2.05, 4.69) is 13.8 Å². The van der Waals surface area contributed by atoms with Crippen LogP contribution in [0.2, 0.25) is 0 Å². The molecule has 1 fully saturated rings. The maximum Gasteiger partial charge on any atom is 0.0703 e. The molecule has 0 aromatic carbocycles. The van der Waals surface area contributed by atoms with Crippen LogP contribution in [-0.4, -0.2) is 25.9 Å². The number of ether oxygens (including phenoxy) is 2. The highest BCUT2D eigenvalue weighted by Gasteiger charge is 2.12. The van der Waals surface area contributed by atoms with Crippen LogP contribution in [-0.2, 0) is 9.47 Å². The van der Waals surface area contributed by atoms with Gasteiger partial charge in [0, 0.05) is 6.61 Å². The van der Waals surface area contributed by atoms with Crippen molar-refractivity contribution in [1.82, 2.24) is 0 Å². The molecule has 1 aliphatic rings. The summed E-state index contributed by atoms with van der Waals surface area (Å²) in [6.45, 7) is 6.52. The summed E-state index contributed by atoms with van der Waals surface area (Å²) in [7, 11) is 0. The lowest BCUT2D eigenvalue weighted by Gasteiger charge is -2.21. The Morgan fingerprint density at radius 2 is 1.11 bits per heavy atom. The predicted molar refractivity (Wildman–Crippen MR) is 119 cm³/mol. The van der Waals surface area contributed by atoms with Crippen molar-refractivity contribution in [3.8, 4) is 0 Å². The largest absolute Gasteiger partial charge is 0.379 e. The van der Waals surface area contributed by atoms with Gasteiger partial charge in [-0.15, -0.1) is 0 Å². The van der Waals surface area contributed by atoms with Crippen molar-refractivity contribution in [3.05, 3.63) is 0 Å². The Morgan fingerprint density at radius 1 is 0.593 bits per heavy atom. The Bertz CT molecular complexity index is 284. The van der Waals surface area contributed by atoms with E-state index in [1.54, 1.807) is 0 Å². The van der Waals surface area contributed by atoms with Crippen molar-refractivity contribution in [2.75, 3.05) is 19.8 Å². The van der Waals surface area contributed by atoms with Crippen molar-refractivity contribution in [1.29, 1.82) is 0 Å². The Labute approximate surface area is 171 Å². The van der Waals surface area contributed by atoms with E-state index >= 15 is 0 Å². The van der Waals surface area contributed by atoms with Gasteiger partial charge in [-0.2, -0.15) is 0 Å². The molecule has 27 heavy (non-hydrogen) atoms. The molecular weight excluding hydrogens is 332 g/mol. The molecule has 0 heterocycles. The van der Waals surface area contributed by atoms with Crippen LogP contribution in [0.3, 0.4) is 0 Å². The van der Waals surface area contributed by atoms with E-state index in [1.165, 1.54) is 116 Å². The van der Waals surface area contributed by atoms with Crippen molar-refractivity contribution in [3.63, 3.8) is 0 Å². The number of unbranched alkanes of at least 4 members (excludes halogenated alkanes) is 11. The van der Waals surface area contributed by atoms with E-state index in [0.29, 0.717) is 6.10 Å². The molecule has 0 aliphatic heterocycles. The standard InChI is InChI=1S/C25H50O2/c1-24(2)27-23-22-26-21-17-12-10-8-6-4-3-5-7-9-11-14-18-25-19-15-13-16-20-25/h24-25H,3-23H2,1-2H3. The molecule has 0 atom stereocenters. The molecular formula is C25H50O2. The summed E-state index contributed by atoms with van der Waals surface area (Å²) >= 11 is 0. The van der Waals surface area contributed by atoms with Gasteiger partial charge in [0.2, 0.25) is 0 Å². The number of rotatable bonds is 19. The normalized spacial score (nSPS) is 15.7. The summed E-state index contributed by atoms with van der Waals surface area (Å²) in [4.78, 5) is 0. The predicted octanol–water partition coefficient (Wildman–Crippen LogP) is 8.08. The minimum Gasteiger partial charge on any atom is -0.379 e. The van der Waals surface area contributed by atoms with Crippen LogP contribution < -0.4 is 0 Å². The topological polar surface area (TPSA) is 18.5 Å². The first-order valence-corrected chi connectivity index (χ1v) is 12.5. The zero-order valence-electron chi connectivity index (χ0n) is 18.8. The zero-order valence-corrected chi connectivity index (χ0v) is 18.8. The van der Waals surface area contributed by atoms with E-state index in [4.69, 9.17) is 9.47 Å². The second-order valence-corrected chi connectivity index (χ2v) is 9.07. The summed E-state index contributed by atoms with van der Waals surface area (Å²) < 4.78 is 11.1. The molecule has 0 spiro atoms. The van der Waals surface area contributed by atoms with E-state index in [-0.39, 0.29) is 0 Å². The molecule has 0 radical (unpaired) electrons. The highest BCUT2D eigenvalue weighted by molar-refractivity contribution is 4.65. The minimum atomic E-state index is 0.319. The lowest BCUT2D eigenvalue weighted by Crippen LogP contribution is -2.10. The summed E-state index contributed by atoms with van der Waals surface area (Å²) in [5.74, 6) is 1.09. The number of hydrogen-bond acceptors (Lipinski definition) is 2. The summed E-state index contributed by atoms with van der Waals surface area (Å²) in [6, 6.07) is 0. The Balaban J connectivity index is 1.65. The maximum atomic E-state index is 5.59. The van der Waals surface area contributed by atoms with Gasteiger partial charge in [0.05, 0.1) is 19.3 Å². The van der Waals surface area contributed by atoms with Gasteiger partial charge < -0.3 is 9.47 Å². The van der Waals surface area contributed by atoms with E-state index < -0.39 is 0 Å². The van der Waals surface area contributed by atoms with Crippen LogP contribution in [0.15, 0.2) is 0 Å². The van der Waals surface area contributed by atoms with Gasteiger partial charge in [0.1, 0.15) is 0 Å². The van der Waals surface area contributed by atoms with Crippen molar-refractivity contribution < 1.29 is 9.47 Å². The molecule has 1 rings (SSSR count). The van der Waals surface area contributed by atoms with E-state index in [9.17, 15) is 0 Å². The lowest BCUT2D eigenvalue weighted by molar-refractivity contribution is 0.0186. The fraction of sp³-hybridized carbons (Fsp3) is 1.00. The first-order chi connectivity index (χ1) is 13.3. The first kappa shape index (κ1) is 25.0. The fourth-order valence-electron chi connectivity index (χ4n) is 4.33. The summed E-state index contributed by atoms with van der Waals surface area (Å²) in [6.07, 6.45) is 26.5. The van der Waals surface area contributed by atoms with Crippen molar-refractivity contribution in [2.24, 2.45) is 5.92 Å².